The molecule has 1 aromatic heterocycles. The van der Waals surface area contributed by atoms with Crippen LogP contribution in [0.15, 0.2) is 35.1 Å². The maximum atomic E-state index is 13.1. The van der Waals surface area contributed by atoms with Gasteiger partial charge in [0.15, 0.2) is 0 Å². The molecule has 0 aliphatic rings. The number of aliphatic hydroxyl groups is 1. The van der Waals surface area contributed by atoms with E-state index < -0.39 is 6.10 Å². The number of nitrogens with zero attached hydrogens (tertiary/aromatic N) is 2. The van der Waals surface area contributed by atoms with Gasteiger partial charge >= 0.3 is 0 Å². The minimum absolute atomic E-state index is 0.301. The van der Waals surface area contributed by atoms with Crippen LogP contribution in [0.25, 0.3) is 0 Å². The van der Waals surface area contributed by atoms with Gasteiger partial charge in [0, 0.05) is 29.2 Å². The number of aromatic nitrogens is 2. The number of benzene rings is 1. The molecule has 2 aromatic rings. The van der Waals surface area contributed by atoms with Crippen molar-refractivity contribution in [3.63, 3.8) is 0 Å². The summed E-state index contributed by atoms with van der Waals surface area (Å²) in [5.74, 6) is -0.301. The first-order chi connectivity index (χ1) is 8.60. The van der Waals surface area contributed by atoms with Gasteiger partial charge in [-0.1, -0.05) is 15.9 Å². The van der Waals surface area contributed by atoms with Crippen LogP contribution < -0.4 is 0 Å². The first kappa shape index (κ1) is 13.2. The van der Waals surface area contributed by atoms with Crippen molar-refractivity contribution in [3.8, 4) is 0 Å². The summed E-state index contributed by atoms with van der Waals surface area (Å²) in [6, 6.07) is 4.46. The molecule has 0 spiro atoms. The maximum absolute atomic E-state index is 13.1. The minimum Gasteiger partial charge on any atom is -0.388 e. The number of hydrogen-bond donors (Lipinski definition) is 1. The molecule has 0 saturated heterocycles. The molecular formula is C13H14BrFN2O. The highest BCUT2D eigenvalue weighted by atomic mass is 79.9. The normalized spacial score (nSPS) is 12.7. The molecule has 0 fully saturated rings. The van der Waals surface area contributed by atoms with E-state index >= 15 is 0 Å². The fraction of sp³-hybridized carbons (Fsp3) is 0.308. The van der Waals surface area contributed by atoms with Gasteiger partial charge in [-0.25, -0.2) is 4.39 Å². The summed E-state index contributed by atoms with van der Waals surface area (Å²) in [6.45, 7) is 2.74. The van der Waals surface area contributed by atoms with Gasteiger partial charge in [0.25, 0.3) is 0 Å². The van der Waals surface area contributed by atoms with E-state index in [4.69, 9.17) is 0 Å². The Morgan fingerprint density at radius 2 is 2.28 bits per heavy atom. The first-order valence-electron chi connectivity index (χ1n) is 5.74. The van der Waals surface area contributed by atoms with E-state index in [9.17, 15) is 9.50 Å². The Labute approximate surface area is 113 Å². The lowest BCUT2D eigenvalue weighted by Crippen LogP contribution is -2.02. The molecule has 0 amide bonds. The number of hydrogen-bond acceptors (Lipinski definition) is 2. The Kier molecular flexibility index (Phi) is 4.14. The van der Waals surface area contributed by atoms with Gasteiger partial charge in [0.05, 0.1) is 12.3 Å². The molecule has 0 aliphatic heterocycles. The van der Waals surface area contributed by atoms with Crippen molar-refractivity contribution in [2.45, 2.75) is 26.0 Å². The molecule has 1 N–H and O–H groups in total. The largest absolute Gasteiger partial charge is 0.388 e. The second-order valence-electron chi connectivity index (χ2n) is 4.09. The minimum atomic E-state index is -0.677. The van der Waals surface area contributed by atoms with Gasteiger partial charge in [-0.3, -0.25) is 4.68 Å². The highest BCUT2D eigenvalue weighted by molar-refractivity contribution is 9.10. The Morgan fingerprint density at radius 3 is 2.94 bits per heavy atom. The number of rotatable bonds is 4. The topological polar surface area (TPSA) is 38.0 Å². The zero-order chi connectivity index (χ0) is 13.1. The Bertz CT molecular complexity index is 542. The summed E-state index contributed by atoms with van der Waals surface area (Å²) < 4.78 is 15.7. The van der Waals surface area contributed by atoms with E-state index in [1.807, 2.05) is 6.92 Å². The van der Waals surface area contributed by atoms with Crippen molar-refractivity contribution in [3.05, 3.63) is 52.0 Å². The van der Waals surface area contributed by atoms with Crippen LogP contribution in [0.1, 0.15) is 24.2 Å². The summed E-state index contributed by atoms with van der Waals surface area (Å²) >= 11 is 3.35. The van der Waals surface area contributed by atoms with Crippen molar-refractivity contribution in [1.29, 1.82) is 0 Å². The second kappa shape index (κ2) is 5.63. The van der Waals surface area contributed by atoms with E-state index in [0.29, 0.717) is 6.42 Å². The van der Waals surface area contributed by atoms with Gasteiger partial charge in [-0.15, -0.1) is 0 Å². The molecule has 0 bridgehead atoms. The van der Waals surface area contributed by atoms with Crippen LogP contribution >= 0.6 is 15.9 Å². The van der Waals surface area contributed by atoms with Crippen molar-refractivity contribution in [1.82, 2.24) is 9.78 Å². The van der Waals surface area contributed by atoms with Gasteiger partial charge in [0.1, 0.15) is 5.82 Å². The predicted molar refractivity (Wildman–Crippen MR) is 70.7 cm³/mol. The third-order valence-corrected chi connectivity index (χ3v) is 3.56. The third-order valence-electron chi connectivity index (χ3n) is 2.78. The lowest BCUT2D eigenvalue weighted by molar-refractivity contribution is 0.178. The Balaban J connectivity index is 2.15. The van der Waals surface area contributed by atoms with Gasteiger partial charge in [-0.2, -0.15) is 5.10 Å². The molecule has 5 heteroatoms. The number of halogens is 2. The van der Waals surface area contributed by atoms with Gasteiger partial charge in [-0.05, 0) is 30.7 Å². The summed E-state index contributed by atoms with van der Waals surface area (Å²) in [7, 11) is 0. The molecule has 0 aliphatic carbocycles. The van der Waals surface area contributed by atoms with E-state index in [0.717, 1.165) is 22.1 Å². The molecule has 0 saturated carbocycles. The average molecular weight is 313 g/mol. The smallest absolute Gasteiger partial charge is 0.123 e. The third kappa shape index (κ3) is 2.97. The van der Waals surface area contributed by atoms with Crippen molar-refractivity contribution >= 4 is 15.9 Å². The lowest BCUT2D eigenvalue weighted by Gasteiger charge is -2.10. The molecule has 1 aromatic carbocycles. The lowest BCUT2D eigenvalue weighted by atomic mass is 10.0. The molecule has 1 unspecified atom stereocenters. The van der Waals surface area contributed by atoms with Crippen molar-refractivity contribution in [2.75, 3.05) is 0 Å². The predicted octanol–water partition coefficient (Wildman–Crippen LogP) is 3.08. The van der Waals surface area contributed by atoms with Gasteiger partial charge in [0.2, 0.25) is 0 Å². The second-order valence-corrected chi connectivity index (χ2v) is 4.94. The quantitative estimate of drug-likeness (QED) is 0.942. The van der Waals surface area contributed by atoms with Crippen molar-refractivity contribution < 1.29 is 9.50 Å². The van der Waals surface area contributed by atoms with Crippen LogP contribution in [0.5, 0.6) is 0 Å². The van der Waals surface area contributed by atoms with E-state index in [1.54, 1.807) is 23.1 Å². The molecule has 1 heterocycles. The van der Waals surface area contributed by atoms with Crippen LogP contribution in [0, 0.1) is 5.82 Å². The monoisotopic (exact) mass is 312 g/mol. The van der Waals surface area contributed by atoms with Crippen LogP contribution in [0.3, 0.4) is 0 Å². The summed E-state index contributed by atoms with van der Waals surface area (Å²) in [5.41, 5.74) is 1.49. The molecule has 3 nitrogen and oxygen atoms in total. The molecule has 0 radical (unpaired) electrons. The molecule has 2 rings (SSSR count). The van der Waals surface area contributed by atoms with Crippen LogP contribution in [0.4, 0.5) is 4.39 Å². The van der Waals surface area contributed by atoms with E-state index in [1.165, 1.54) is 12.1 Å². The molecule has 1 atom stereocenters. The number of aliphatic hydroxyl groups excluding tert-OH is 1. The van der Waals surface area contributed by atoms with Crippen LogP contribution in [-0.2, 0) is 13.0 Å². The van der Waals surface area contributed by atoms with Gasteiger partial charge < -0.3 is 5.11 Å². The standard InChI is InChI=1S/C13H14BrFN2O/c1-2-17-8-10(7-16-17)13(18)6-9-5-11(15)3-4-12(9)14/h3-5,7-8,13,18H,2,6H2,1H3. The van der Waals surface area contributed by atoms with Crippen molar-refractivity contribution in [2.24, 2.45) is 0 Å². The maximum Gasteiger partial charge on any atom is 0.123 e. The highest BCUT2D eigenvalue weighted by Gasteiger charge is 2.13. The first-order valence-corrected chi connectivity index (χ1v) is 6.53. The number of aryl methyl sites for hydroxylation is 1. The summed E-state index contributed by atoms with van der Waals surface area (Å²) in [6.07, 6.45) is 3.12. The fourth-order valence-electron chi connectivity index (χ4n) is 1.75. The van der Waals surface area contributed by atoms with Crippen LogP contribution in [-0.4, -0.2) is 14.9 Å². The average Bonchev–Trinajstić information content (AvgIpc) is 2.82. The summed E-state index contributed by atoms with van der Waals surface area (Å²) in [4.78, 5) is 0. The highest BCUT2D eigenvalue weighted by Crippen LogP contribution is 2.24. The van der Waals surface area contributed by atoms with Crippen LogP contribution in [0.2, 0.25) is 0 Å². The fourth-order valence-corrected chi connectivity index (χ4v) is 2.16. The Hall–Kier alpha value is -1.20. The Morgan fingerprint density at radius 1 is 1.50 bits per heavy atom. The summed E-state index contributed by atoms with van der Waals surface area (Å²) in [5, 5.41) is 14.2. The molecule has 18 heavy (non-hydrogen) atoms. The SMILES string of the molecule is CCn1cc(C(O)Cc2cc(F)ccc2Br)cn1. The van der Waals surface area contributed by atoms with E-state index in [2.05, 4.69) is 21.0 Å². The zero-order valence-corrected chi connectivity index (χ0v) is 11.6. The van der Waals surface area contributed by atoms with E-state index in [-0.39, 0.29) is 5.82 Å². The zero-order valence-electron chi connectivity index (χ0n) is 9.98. The molecular weight excluding hydrogens is 299 g/mol. The molecule has 96 valence electrons.